The quantitative estimate of drug-likeness (QED) is 0.274. The van der Waals surface area contributed by atoms with E-state index in [-0.39, 0.29) is 12.0 Å². The molecule has 1 aliphatic carbocycles. The third-order valence-electron chi connectivity index (χ3n) is 10.5. The Balaban J connectivity index is 1.40. The predicted molar refractivity (Wildman–Crippen MR) is 200 cm³/mol. The summed E-state index contributed by atoms with van der Waals surface area (Å²) in [7, 11) is 0. The van der Waals surface area contributed by atoms with Gasteiger partial charge in [0.15, 0.2) is 0 Å². The maximum absolute atomic E-state index is 11.3. The zero-order valence-electron chi connectivity index (χ0n) is 28.4. The van der Waals surface area contributed by atoms with Crippen LogP contribution in [-0.2, 0) is 11.3 Å². The molecule has 8 bridgehead atoms. The average molecular weight is 739 g/mol. The first-order valence-electron chi connectivity index (χ1n) is 16.9. The van der Waals surface area contributed by atoms with E-state index >= 15 is 0 Å². The number of halogens is 1. The number of nitrogens with zero attached hydrogens (tertiary/aromatic N) is 3. The molecule has 3 atom stereocenters. The fourth-order valence-electron chi connectivity index (χ4n) is 7.83. The SMILES string of the molecule is CCCC1=C(C)C2=NC1=C1CC(O)=C3C1=NC(=C3C)C=C1NC(=CC3=NC(=C2)C(C)=C3C(C)OCc2cccc(I)c2)[C@H](C)[C@H]1CC. The number of aliphatic hydroxyl groups excluding tert-OH is 1. The topological polar surface area (TPSA) is 78.6 Å². The summed E-state index contributed by atoms with van der Waals surface area (Å²) in [5, 5.41) is 15.1. The Morgan fingerprint density at radius 3 is 2.55 bits per heavy atom. The van der Waals surface area contributed by atoms with Gasteiger partial charge >= 0.3 is 0 Å². The summed E-state index contributed by atoms with van der Waals surface area (Å²) >= 11 is 2.35. The standard InChI is InChI=1S/C40H43IN4O2/c1-8-11-28-21(4)31-16-32-22(5)37(24(7)47-19-25-12-10-13-26(41)14-25)35(43-32)18-30-20(3)27(9-2)34(42-30)17-33-23(6)38-36(46)15-29(39(28)44-31)40(38)45-33/h10,12-14,16-18,20,24,27,42,46H,8-9,11,15,19H2,1-7H3/t20-,24?,27-/m1/s1. The van der Waals surface area contributed by atoms with Gasteiger partial charge in [0.05, 0.1) is 46.9 Å². The van der Waals surface area contributed by atoms with Gasteiger partial charge in [0, 0.05) is 49.9 Å². The van der Waals surface area contributed by atoms with Crippen LogP contribution in [0.2, 0.25) is 0 Å². The van der Waals surface area contributed by atoms with Crippen LogP contribution in [0.3, 0.4) is 0 Å². The third-order valence-corrected chi connectivity index (χ3v) is 11.1. The van der Waals surface area contributed by atoms with Crippen molar-refractivity contribution >= 4 is 39.7 Å². The number of ether oxygens (including phenoxy) is 1. The van der Waals surface area contributed by atoms with Gasteiger partial charge < -0.3 is 15.2 Å². The van der Waals surface area contributed by atoms with E-state index in [9.17, 15) is 5.11 Å². The molecule has 6 nitrogen and oxygen atoms in total. The van der Waals surface area contributed by atoms with Crippen molar-refractivity contribution in [2.45, 2.75) is 86.9 Å². The molecule has 0 saturated carbocycles. The number of rotatable bonds is 7. The normalized spacial score (nSPS) is 24.2. The molecule has 5 aliphatic heterocycles. The minimum Gasteiger partial charge on any atom is -0.511 e. The molecule has 0 amide bonds. The van der Waals surface area contributed by atoms with Crippen LogP contribution in [0.5, 0.6) is 0 Å². The fraction of sp³-hybridized carbons (Fsp3) is 0.375. The van der Waals surface area contributed by atoms with Crippen LogP contribution in [-0.4, -0.2) is 28.3 Å². The molecular formula is C40H43IN4O2. The lowest BCUT2D eigenvalue weighted by Crippen LogP contribution is -2.18. The molecule has 47 heavy (non-hydrogen) atoms. The highest BCUT2D eigenvalue weighted by molar-refractivity contribution is 14.1. The smallest absolute Gasteiger partial charge is 0.106 e. The highest BCUT2D eigenvalue weighted by Gasteiger charge is 2.38. The molecule has 1 aromatic carbocycles. The first kappa shape index (κ1) is 32.0. The van der Waals surface area contributed by atoms with Crippen LogP contribution in [0, 0.1) is 15.4 Å². The number of nitrogens with one attached hydrogen (secondary N) is 1. The number of fused-ring (bicyclic) bond motifs is 5. The molecule has 1 saturated heterocycles. The molecule has 2 N–H and O–H groups in total. The molecule has 1 unspecified atom stereocenters. The third kappa shape index (κ3) is 5.49. The van der Waals surface area contributed by atoms with Crippen LogP contribution >= 0.6 is 22.6 Å². The summed E-state index contributed by atoms with van der Waals surface area (Å²) in [4.78, 5) is 15.8. The Kier molecular flexibility index (Phi) is 8.49. The summed E-state index contributed by atoms with van der Waals surface area (Å²) in [6, 6.07) is 8.47. The molecule has 6 aliphatic rings. The van der Waals surface area contributed by atoms with Crippen molar-refractivity contribution in [3.8, 4) is 0 Å². The van der Waals surface area contributed by atoms with E-state index in [0.717, 1.165) is 98.3 Å². The summed E-state index contributed by atoms with van der Waals surface area (Å²) in [5.41, 5.74) is 16.6. The van der Waals surface area contributed by atoms with E-state index in [1.807, 2.05) is 0 Å². The Hall–Kier alpha value is -3.56. The number of allylic oxidation sites excluding steroid dienone is 11. The largest absolute Gasteiger partial charge is 0.511 e. The second-order valence-electron chi connectivity index (χ2n) is 13.4. The highest BCUT2D eigenvalue weighted by atomic mass is 127. The number of hydrogen-bond donors (Lipinski definition) is 2. The number of benzene rings is 1. The van der Waals surface area contributed by atoms with Crippen molar-refractivity contribution in [2.75, 3.05) is 0 Å². The first-order chi connectivity index (χ1) is 22.6. The van der Waals surface area contributed by atoms with E-state index in [1.165, 1.54) is 14.7 Å². The van der Waals surface area contributed by atoms with E-state index in [1.54, 1.807) is 0 Å². The molecular weight excluding hydrogens is 695 g/mol. The molecule has 5 heterocycles. The van der Waals surface area contributed by atoms with Crippen molar-refractivity contribution in [3.05, 3.63) is 125 Å². The zero-order chi connectivity index (χ0) is 33.1. The van der Waals surface area contributed by atoms with Gasteiger partial charge in [-0.25, -0.2) is 15.0 Å². The molecule has 1 fully saturated rings. The fourth-order valence-corrected chi connectivity index (χ4v) is 8.44. The summed E-state index contributed by atoms with van der Waals surface area (Å²) in [6.07, 6.45) is 9.81. The number of hydrogen-bond acceptors (Lipinski definition) is 6. The number of aliphatic imine (C=N–C) groups is 3. The van der Waals surface area contributed by atoms with Crippen LogP contribution < -0.4 is 5.32 Å². The Morgan fingerprint density at radius 1 is 1.00 bits per heavy atom. The van der Waals surface area contributed by atoms with Gasteiger partial charge in [0.1, 0.15) is 5.76 Å². The molecule has 0 aromatic heterocycles. The van der Waals surface area contributed by atoms with Crippen molar-refractivity contribution in [1.82, 2.24) is 5.32 Å². The van der Waals surface area contributed by atoms with Gasteiger partial charge in [0.25, 0.3) is 0 Å². The lowest BCUT2D eigenvalue weighted by molar-refractivity contribution is 0.0799. The van der Waals surface area contributed by atoms with Gasteiger partial charge in [0.2, 0.25) is 0 Å². The Bertz CT molecular complexity index is 1960. The van der Waals surface area contributed by atoms with E-state index in [4.69, 9.17) is 19.7 Å². The van der Waals surface area contributed by atoms with Crippen molar-refractivity contribution in [1.29, 1.82) is 0 Å². The molecule has 242 valence electrons. The molecule has 0 spiro atoms. The molecule has 7 heteroatoms. The van der Waals surface area contributed by atoms with Crippen molar-refractivity contribution in [2.24, 2.45) is 26.8 Å². The second kappa shape index (κ2) is 12.5. The summed E-state index contributed by atoms with van der Waals surface area (Å²) in [5.74, 6) is 0.993. The van der Waals surface area contributed by atoms with Gasteiger partial charge in [-0.2, -0.15) is 0 Å². The maximum atomic E-state index is 11.3. The molecule has 7 rings (SSSR count). The average Bonchev–Trinajstić information content (AvgIpc) is 3.79. The lowest BCUT2D eigenvalue weighted by atomic mass is 9.89. The first-order valence-corrected chi connectivity index (χ1v) is 18.0. The summed E-state index contributed by atoms with van der Waals surface area (Å²) < 4.78 is 7.75. The minimum absolute atomic E-state index is 0.162. The van der Waals surface area contributed by atoms with Gasteiger partial charge in [-0.15, -0.1) is 0 Å². The zero-order valence-corrected chi connectivity index (χ0v) is 30.5. The predicted octanol–water partition coefficient (Wildman–Crippen LogP) is 9.67. The summed E-state index contributed by atoms with van der Waals surface area (Å²) in [6.45, 7) is 15.8. The monoisotopic (exact) mass is 738 g/mol. The number of aliphatic hydroxyl groups is 1. The lowest BCUT2D eigenvalue weighted by Gasteiger charge is -2.17. The van der Waals surface area contributed by atoms with Crippen LogP contribution in [0.4, 0.5) is 0 Å². The Morgan fingerprint density at radius 2 is 1.81 bits per heavy atom. The van der Waals surface area contributed by atoms with Gasteiger partial charge in [-0.1, -0.05) is 39.3 Å². The van der Waals surface area contributed by atoms with E-state index < -0.39 is 0 Å². The minimum atomic E-state index is -0.162. The molecule has 0 radical (unpaired) electrons. The maximum Gasteiger partial charge on any atom is 0.106 e. The van der Waals surface area contributed by atoms with Crippen molar-refractivity contribution in [3.63, 3.8) is 0 Å². The second-order valence-corrected chi connectivity index (χ2v) is 14.7. The van der Waals surface area contributed by atoms with Crippen molar-refractivity contribution < 1.29 is 9.84 Å². The highest BCUT2D eigenvalue weighted by Crippen LogP contribution is 2.45. The van der Waals surface area contributed by atoms with E-state index in [0.29, 0.717) is 24.7 Å². The van der Waals surface area contributed by atoms with Crippen LogP contribution in [0.25, 0.3) is 0 Å². The van der Waals surface area contributed by atoms with Gasteiger partial charge in [-0.3, -0.25) is 0 Å². The van der Waals surface area contributed by atoms with Crippen LogP contribution in [0.15, 0.2) is 131 Å². The van der Waals surface area contributed by atoms with Crippen LogP contribution in [0.1, 0.15) is 79.7 Å². The van der Waals surface area contributed by atoms with E-state index in [2.05, 4.69) is 119 Å². The van der Waals surface area contributed by atoms with Gasteiger partial charge in [-0.05, 0) is 121 Å². The Labute approximate surface area is 292 Å². The molecule has 1 aromatic rings.